The highest BCUT2D eigenvalue weighted by atomic mass is 16.6. The van der Waals surface area contributed by atoms with Crippen molar-refractivity contribution < 1.29 is 14.1 Å². The van der Waals surface area contributed by atoms with E-state index in [4.69, 9.17) is 9.15 Å². The molecule has 0 saturated heterocycles. The Bertz CT molecular complexity index is 592. The van der Waals surface area contributed by atoms with E-state index in [1.54, 1.807) is 12.3 Å². The maximum Gasteiger partial charge on any atom is 0.273 e. The van der Waals surface area contributed by atoms with Crippen LogP contribution in [0.15, 0.2) is 34.9 Å². The maximum atomic E-state index is 10.7. The summed E-state index contributed by atoms with van der Waals surface area (Å²) in [5.74, 6) is 1.25. The lowest BCUT2D eigenvalue weighted by Gasteiger charge is -2.10. The van der Waals surface area contributed by atoms with Gasteiger partial charge < -0.3 is 14.5 Å². The smallest absolute Gasteiger partial charge is 0.273 e. The molecular weight excluding hydrogens is 248 g/mol. The summed E-state index contributed by atoms with van der Waals surface area (Å²) in [6, 6.07) is 6.32. The van der Waals surface area contributed by atoms with Gasteiger partial charge in [0.1, 0.15) is 11.5 Å². The van der Waals surface area contributed by atoms with Crippen LogP contribution in [0.1, 0.15) is 11.3 Å². The molecule has 6 heteroatoms. The molecule has 2 aromatic rings. The summed E-state index contributed by atoms with van der Waals surface area (Å²) >= 11 is 0. The Morgan fingerprint density at radius 1 is 1.42 bits per heavy atom. The molecule has 6 nitrogen and oxygen atoms in total. The molecule has 1 aromatic carbocycles. The molecule has 1 heterocycles. The van der Waals surface area contributed by atoms with Gasteiger partial charge in [-0.25, -0.2) is 0 Å². The van der Waals surface area contributed by atoms with Crippen LogP contribution in [-0.2, 0) is 6.54 Å². The van der Waals surface area contributed by atoms with Crippen LogP contribution in [0, 0.1) is 17.0 Å². The van der Waals surface area contributed by atoms with Crippen LogP contribution >= 0.6 is 0 Å². The lowest BCUT2D eigenvalue weighted by atomic mass is 10.2. The number of hydrogen-bond acceptors (Lipinski definition) is 5. The Labute approximate surface area is 110 Å². The average molecular weight is 262 g/mol. The Morgan fingerprint density at radius 3 is 2.79 bits per heavy atom. The predicted octanol–water partition coefficient (Wildman–Crippen LogP) is 3.12. The standard InChI is InChI=1S/C13H14N2O4/c1-9-5-6-19-13(9)8-14-11-4-3-10(15(16)17)7-12(11)18-2/h3-7,14H,8H2,1-2H3. The van der Waals surface area contributed by atoms with Gasteiger partial charge in [-0.2, -0.15) is 0 Å². The predicted molar refractivity (Wildman–Crippen MR) is 70.4 cm³/mol. The summed E-state index contributed by atoms with van der Waals surface area (Å²) in [5, 5.41) is 13.8. The van der Waals surface area contributed by atoms with Crippen LogP contribution in [0.4, 0.5) is 11.4 Å². The van der Waals surface area contributed by atoms with Crippen LogP contribution in [-0.4, -0.2) is 12.0 Å². The molecule has 0 amide bonds. The number of ether oxygens (including phenoxy) is 1. The third-order valence-corrected chi connectivity index (χ3v) is 2.80. The van der Waals surface area contributed by atoms with Gasteiger partial charge in [-0.15, -0.1) is 0 Å². The van der Waals surface area contributed by atoms with Crippen LogP contribution < -0.4 is 10.1 Å². The number of nitro benzene ring substituents is 1. The number of rotatable bonds is 5. The fourth-order valence-corrected chi connectivity index (χ4v) is 1.70. The summed E-state index contributed by atoms with van der Waals surface area (Å²) in [5.41, 5.74) is 1.73. The van der Waals surface area contributed by atoms with Gasteiger partial charge in [0.25, 0.3) is 5.69 Å². The van der Waals surface area contributed by atoms with Crippen LogP contribution in [0.2, 0.25) is 0 Å². The molecular formula is C13H14N2O4. The second-order valence-electron chi connectivity index (χ2n) is 4.02. The van der Waals surface area contributed by atoms with Crippen LogP contribution in [0.25, 0.3) is 0 Å². The molecule has 1 aromatic heterocycles. The van der Waals surface area contributed by atoms with Crippen LogP contribution in [0.5, 0.6) is 5.75 Å². The third-order valence-electron chi connectivity index (χ3n) is 2.80. The van der Waals surface area contributed by atoms with E-state index in [2.05, 4.69) is 5.32 Å². The topological polar surface area (TPSA) is 77.5 Å². The average Bonchev–Trinajstić information content (AvgIpc) is 2.81. The molecule has 1 N–H and O–H groups in total. The first-order valence-electron chi connectivity index (χ1n) is 5.71. The fourth-order valence-electron chi connectivity index (χ4n) is 1.70. The monoisotopic (exact) mass is 262 g/mol. The molecule has 0 unspecified atom stereocenters. The fraction of sp³-hybridized carbons (Fsp3) is 0.231. The molecule has 0 atom stereocenters. The molecule has 0 aliphatic heterocycles. The van der Waals surface area contributed by atoms with E-state index in [9.17, 15) is 10.1 Å². The second-order valence-corrected chi connectivity index (χ2v) is 4.02. The Kier molecular flexibility index (Phi) is 3.70. The van der Waals surface area contributed by atoms with Crippen molar-refractivity contribution in [2.45, 2.75) is 13.5 Å². The lowest BCUT2D eigenvalue weighted by Crippen LogP contribution is -2.02. The van der Waals surface area contributed by atoms with Gasteiger partial charge in [-0.3, -0.25) is 10.1 Å². The van der Waals surface area contributed by atoms with E-state index in [1.807, 2.05) is 13.0 Å². The minimum absolute atomic E-state index is 0.00317. The normalized spacial score (nSPS) is 10.2. The Balaban J connectivity index is 2.16. The number of non-ortho nitro benzene ring substituents is 1. The van der Waals surface area contributed by atoms with Crippen molar-refractivity contribution in [3.05, 3.63) is 52.0 Å². The van der Waals surface area contributed by atoms with Crippen molar-refractivity contribution >= 4 is 11.4 Å². The highest BCUT2D eigenvalue weighted by Crippen LogP contribution is 2.29. The first kappa shape index (κ1) is 12.9. The van der Waals surface area contributed by atoms with E-state index in [0.717, 1.165) is 11.3 Å². The van der Waals surface area contributed by atoms with Crippen molar-refractivity contribution in [2.75, 3.05) is 12.4 Å². The number of anilines is 1. The molecule has 0 saturated carbocycles. The number of benzene rings is 1. The number of nitrogens with zero attached hydrogens (tertiary/aromatic N) is 1. The molecule has 0 radical (unpaired) electrons. The zero-order valence-corrected chi connectivity index (χ0v) is 10.7. The number of furan rings is 1. The summed E-state index contributed by atoms with van der Waals surface area (Å²) in [4.78, 5) is 10.2. The van der Waals surface area contributed by atoms with Crippen molar-refractivity contribution in [1.82, 2.24) is 0 Å². The molecule has 100 valence electrons. The van der Waals surface area contributed by atoms with Crippen molar-refractivity contribution in [3.8, 4) is 5.75 Å². The zero-order valence-electron chi connectivity index (χ0n) is 10.7. The number of nitrogens with one attached hydrogen (secondary N) is 1. The van der Waals surface area contributed by atoms with E-state index in [1.165, 1.54) is 19.2 Å². The van der Waals surface area contributed by atoms with Crippen molar-refractivity contribution in [3.63, 3.8) is 0 Å². The number of nitro groups is 1. The third kappa shape index (κ3) is 2.85. The minimum Gasteiger partial charge on any atom is -0.494 e. The van der Waals surface area contributed by atoms with Gasteiger partial charge in [-0.1, -0.05) is 0 Å². The highest BCUT2D eigenvalue weighted by molar-refractivity contribution is 5.60. The molecule has 19 heavy (non-hydrogen) atoms. The molecule has 0 aliphatic carbocycles. The van der Waals surface area contributed by atoms with E-state index >= 15 is 0 Å². The Hall–Kier alpha value is -2.50. The van der Waals surface area contributed by atoms with Crippen molar-refractivity contribution in [1.29, 1.82) is 0 Å². The molecule has 2 rings (SSSR count). The van der Waals surface area contributed by atoms with Gasteiger partial charge in [0.15, 0.2) is 0 Å². The van der Waals surface area contributed by atoms with Gasteiger partial charge in [0, 0.05) is 6.07 Å². The molecule has 0 bridgehead atoms. The number of aryl methyl sites for hydroxylation is 1. The summed E-state index contributed by atoms with van der Waals surface area (Å²) < 4.78 is 10.4. The lowest BCUT2D eigenvalue weighted by molar-refractivity contribution is -0.384. The second kappa shape index (κ2) is 5.43. The van der Waals surface area contributed by atoms with Crippen molar-refractivity contribution in [2.24, 2.45) is 0 Å². The summed E-state index contributed by atoms with van der Waals surface area (Å²) in [7, 11) is 1.47. The number of hydrogen-bond donors (Lipinski definition) is 1. The largest absolute Gasteiger partial charge is 0.494 e. The van der Waals surface area contributed by atoms with E-state index in [-0.39, 0.29) is 5.69 Å². The Morgan fingerprint density at radius 2 is 2.21 bits per heavy atom. The van der Waals surface area contributed by atoms with Crippen LogP contribution in [0.3, 0.4) is 0 Å². The van der Waals surface area contributed by atoms with E-state index in [0.29, 0.717) is 18.0 Å². The molecule has 0 aliphatic rings. The van der Waals surface area contributed by atoms with Gasteiger partial charge in [-0.05, 0) is 24.6 Å². The SMILES string of the molecule is COc1cc([N+](=O)[O-])ccc1NCc1occc1C. The van der Waals surface area contributed by atoms with Gasteiger partial charge in [0.2, 0.25) is 0 Å². The van der Waals surface area contributed by atoms with E-state index < -0.39 is 4.92 Å². The maximum absolute atomic E-state index is 10.7. The highest BCUT2D eigenvalue weighted by Gasteiger charge is 2.11. The minimum atomic E-state index is -0.455. The first-order chi connectivity index (χ1) is 9.11. The number of methoxy groups -OCH3 is 1. The van der Waals surface area contributed by atoms with Gasteiger partial charge in [0.05, 0.1) is 36.6 Å². The molecule has 0 fully saturated rings. The zero-order chi connectivity index (χ0) is 13.8. The quantitative estimate of drug-likeness (QED) is 0.661. The van der Waals surface area contributed by atoms with Gasteiger partial charge >= 0.3 is 0 Å². The summed E-state index contributed by atoms with van der Waals surface area (Å²) in [6.07, 6.45) is 1.62. The molecule has 0 spiro atoms. The summed E-state index contributed by atoms with van der Waals surface area (Å²) in [6.45, 7) is 2.45. The first-order valence-corrected chi connectivity index (χ1v) is 5.71.